The van der Waals surface area contributed by atoms with Crippen molar-refractivity contribution in [3.8, 4) is 23.7 Å². The van der Waals surface area contributed by atoms with E-state index in [1.54, 1.807) is 0 Å². The smallest absolute Gasteiger partial charge is 0.192 e. The van der Waals surface area contributed by atoms with Gasteiger partial charge in [-0.1, -0.05) is 50.4 Å². The number of aliphatic hydroxyl groups is 1. The third-order valence-electron chi connectivity index (χ3n) is 3.87. The van der Waals surface area contributed by atoms with Crippen LogP contribution in [0, 0.1) is 29.6 Å². The normalized spacial score (nSPS) is 20.3. The van der Waals surface area contributed by atoms with E-state index < -0.39 is 5.60 Å². The predicted octanol–water partition coefficient (Wildman–Crippen LogP) is 3.92. The lowest BCUT2D eigenvalue weighted by atomic mass is 9.83. The standard InChI is InChI=1S/C19H30O2/c1-5-7-9-11-13-19(20,14-12-10-8-6-2)17-15-18(3,4)21-16-17/h17,20H,5-10,15-16H2,1-4H3/t17-/m0/s1. The number of ether oxygens (including phenoxy) is 1. The Bertz CT molecular complexity index is 402. The first-order chi connectivity index (χ1) is 9.93. The van der Waals surface area contributed by atoms with Crippen molar-refractivity contribution in [1.82, 2.24) is 0 Å². The van der Waals surface area contributed by atoms with Gasteiger partial charge in [-0.05, 0) is 33.1 Å². The van der Waals surface area contributed by atoms with Gasteiger partial charge in [0.2, 0.25) is 0 Å². The van der Waals surface area contributed by atoms with Crippen molar-refractivity contribution in [2.75, 3.05) is 6.61 Å². The van der Waals surface area contributed by atoms with Gasteiger partial charge in [-0.25, -0.2) is 0 Å². The molecule has 0 amide bonds. The van der Waals surface area contributed by atoms with E-state index in [9.17, 15) is 5.11 Å². The molecular weight excluding hydrogens is 260 g/mol. The van der Waals surface area contributed by atoms with Gasteiger partial charge in [-0.2, -0.15) is 0 Å². The van der Waals surface area contributed by atoms with Gasteiger partial charge in [0.05, 0.1) is 12.2 Å². The Morgan fingerprint density at radius 3 is 2.00 bits per heavy atom. The number of hydrogen-bond acceptors (Lipinski definition) is 2. The summed E-state index contributed by atoms with van der Waals surface area (Å²) >= 11 is 0. The van der Waals surface area contributed by atoms with Gasteiger partial charge in [0.25, 0.3) is 0 Å². The summed E-state index contributed by atoms with van der Waals surface area (Å²) in [5, 5.41) is 10.9. The fraction of sp³-hybridized carbons (Fsp3) is 0.789. The monoisotopic (exact) mass is 290 g/mol. The van der Waals surface area contributed by atoms with E-state index in [4.69, 9.17) is 4.74 Å². The van der Waals surface area contributed by atoms with Crippen LogP contribution in [-0.4, -0.2) is 22.9 Å². The van der Waals surface area contributed by atoms with Gasteiger partial charge in [-0.15, -0.1) is 0 Å². The average molecular weight is 290 g/mol. The molecule has 0 unspecified atom stereocenters. The highest BCUT2D eigenvalue weighted by atomic mass is 16.5. The second kappa shape index (κ2) is 8.47. The highest BCUT2D eigenvalue weighted by Gasteiger charge is 2.43. The molecule has 1 fully saturated rings. The minimum Gasteiger partial charge on any atom is -0.375 e. The average Bonchev–Trinajstić information content (AvgIpc) is 2.81. The van der Waals surface area contributed by atoms with Gasteiger partial charge in [0, 0.05) is 18.8 Å². The molecule has 0 aromatic rings. The summed E-state index contributed by atoms with van der Waals surface area (Å²) in [7, 11) is 0. The van der Waals surface area contributed by atoms with E-state index in [1.807, 2.05) is 0 Å². The van der Waals surface area contributed by atoms with Crippen LogP contribution in [0.5, 0.6) is 0 Å². The maximum Gasteiger partial charge on any atom is 0.192 e. The van der Waals surface area contributed by atoms with Crippen LogP contribution < -0.4 is 0 Å². The van der Waals surface area contributed by atoms with Crippen molar-refractivity contribution < 1.29 is 9.84 Å². The molecule has 1 aliphatic heterocycles. The third-order valence-corrected chi connectivity index (χ3v) is 3.87. The molecule has 118 valence electrons. The van der Waals surface area contributed by atoms with Crippen molar-refractivity contribution in [1.29, 1.82) is 0 Å². The lowest BCUT2D eigenvalue weighted by Crippen LogP contribution is -2.36. The van der Waals surface area contributed by atoms with Crippen LogP contribution in [-0.2, 0) is 4.74 Å². The lowest BCUT2D eigenvalue weighted by molar-refractivity contribution is 0.0282. The molecule has 1 saturated heterocycles. The Morgan fingerprint density at radius 2 is 1.62 bits per heavy atom. The topological polar surface area (TPSA) is 29.5 Å². The quantitative estimate of drug-likeness (QED) is 0.614. The lowest BCUT2D eigenvalue weighted by Gasteiger charge is -2.23. The summed E-state index contributed by atoms with van der Waals surface area (Å²) in [5.41, 5.74) is -1.40. The van der Waals surface area contributed by atoms with E-state index in [-0.39, 0.29) is 11.5 Å². The Morgan fingerprint density at radius 1 is 1.10 bits per heavy atom. The second-order valence-corrected chi connectivity index (χ2v) is 6.55. The Labute approximate surface area is 130 Å². The minimum absolute atomic E-state index is 0.0178. The van der Waals surface area contributed by atoms with E-state index in [1.165, 1.54) is 0 Å². The summed E-state index contributed by atoms with van der Waals surface area (Å²) in [6, 6.07) is 0. The zero-order valence-electron chi connectivity index (χ0n) is 14.1. The molecule has 0 bridgehead atoms. The van der Waals surface area contributed by atoms with E-state index in [0.717, 1.165) is 44.9 Å². The Hall–Kier alpha value is -0.960. The van der Waals surface area contributed by atoms with E-state index in [0.29, 0.717) is 6.61 Å². The van der Waals surface area contributed by atoms with Crippen molar-refractivity contribution in [2.45, 2.75) is 83.8 Å². The van der Waals surface area contributed by atoms with Gasteiger partial charge >= 0.3 is 0 Å². The summed E-state index contributed by atoms with van der Waals surface area (Å²) in [6.45, 7) is 8.94. The van der Waals surface area contributed by atoms with Gasteiger partial charge in [-0.3, -0.25) is 0 Å². The number of rotatable bonds is 5. The molecule has 1 atom stereocenters. The van der Waals surface area contributed by atoms with Crippen molar-refractivity contribution in [3.05, 3.63) is 0 Å². The summed E-state index contributed by atoms with van der Waals surface area (Å²) in [4.78, 5) is 0. The third kappa shape index (κ3) is 6.13. The fourth-order valence-electron chi connectivity index (χ4n) is 2.47. The molecule has 2 nitrogen and oxygen atoms in total. The molecule has 1 N–H and O–H groups in total. The molecule has 0 radical (unpaired) electrons. The first-order valence-electron chi connectivity index (χ1n) is 8.30. The van der Waals surface area contributed by atoms with Crippen molar-refractivity contribution in [2.24, 2.45) is 5.92 Å². The maximum absolute atomic E-state index is 10.9. The molecule has 21 heavy (non-hydrogen) atoms. The fourth-order valence-corrected chi connectivity index (χ4v) is 2.47. The predicted molar refractivity (Wildman–Crippen MR) is 87.7 cm³/mol. The summed E-state index contributed by atoms with van der Waals surface area (Å²) in [5.74, 6) is 12.3. The van der Waals surface area contributed by atoms with Crippen LogP contribution in [0.4, 0.5) is 0 Å². The van der Waals surface area contributed by atoms with Crippen molar-refractivity contribution in [3.63, 3.8) is 0 Å². The number of hydrogen-bond donors (Lipinski definition) is 1. The summed E-state index contributed by atoms with van der Waals surface area (Å²) in [6.07, 6.45) is 6.83. The molecule has 0 saturated carbocycles. The van der Waals surface area contributed by atoms with Crippen LogP contribution in [0.25, 0.3) is 0 Å². The highest BCUT2D eigenvalue weighted by Crippen LogP contribution is 2.35. The number of unbranched alkanes of at least 4 members (excludes halogenated alkanes) is 4. The molecule has 1 rings (SSSR count). The van der Waals surface area contributed by atoms with Crippen LogP contribution in [0.3, 0.4) is 0 Å². The molecule has 1 heterocycles. The van der Waals surface area contributed by atoms with Crippen LogP contribution in [0.2, 0.25) is 0 Å². The Kier molecular flexibility index (Phi) is 7.30. The van der Waals surface area contributed by atoms with Gasteiger partial charge in [0.15, 0.2) is 5.60 Å². The van der Waals surface area contributed by atoms with Crippen LogP contribution in [0.1, 0.15) is 72.6 Å². The first-order valence-corrected chi connectivity index (χ1v) is 8.30. The SMILES string of the molecule is CCCCC#CC(O)(C#CCCCC)[C@@H]1COC(C)(C)C1. The molecule has 1 aliphatic rings. The zero-order chi connectivity index (χ0) is 15.8. The molecule has 2 heteroatoms. The van der Waals surface area contributed by atoms with Crippen LogP contribution >= 0.6 is 0 Å². The van der Waals surface area contributed by atoms with E-state index >= 15 is 0 Å². The van der Waals surface area contributed by atoms with Crippen molar-refractivity contribution >= 4 is 0 Å². The zero-order valence-corrected chi connectivity index (χ0v) is 14.1. The highest BCUT2D eigenvalue weighted by molar-refractivity contribution is 5.32. The second-order valence-electron chi connectivity index (χ2n) is 6.55. The van der Waals surface area contributed by atoms with Gasteiger partial charge in [0.1, 0.15) is 0 Å². The first kappa shape index (κ1) is 18.1. The summed E-state index contributed by atoms with van der Waals surface area (Å²) < 4.78 is 5.76. The van der Waals surface area contributed by atoms with E-state index in [2.05, 4.69) is 51.4 Å². The molecule has 0 aromatic carbocycles. The molecule has 0 aromatic heterocycles. The molecule has 0 aliphatic carbocycles. The molecular formula is C19H30O2. The molecule has 0 spiro atoms. The van der Waals surface area contributed by atoms with Crippen LogP contribution in [0.15, 0.2) is 0 Å². The van der Waals surface area contributed by atoms with Gasteiger partial charge < -0.3 is 9.84 Å². The maximum atomic E-state index is 10.9. The largest absolute Gasteiger partial charge is 0.375 e. The minimum atomic E-state index is -1.21. The Balaban J connectivity index is 2.81.